The molecule has 0 atom stereocenters. The van der Waals surface area contributed by atoms with Gasteiger partial charge in [0.25, 0.3) is 0 Å². The first-order valence-electron chi connectivity index (χ1n) is 7.64. The van der Waals surface area contributed by atoms with E-state index in [1.54, 1.807) is 43.5 Å². The van der Waals surface area contributed by atoms with Crippen LogP contribution >= 0.6 is 12.4 Å². The van der Waals surface area contributed by atoms with Crippen molar-refractivity contribution in [2.24, 2.45) is 0 Å². The number of amides is 1. The summed E-state index contributed by atoms with van der Waals surface area (Å²) in [5, 5.41) is 5.77. The van der Waals surface area contributed by atoms with E-state index in [0.29, 0.717) is 31.2 Å². The van der Waals surface area contributed by atoms with Crippen molar-refractivity contribution in [1.82, 2.24) is 5.32 Å². The predicted octanol–water partition coefficient (Wildman–Crippen LogP) is 3.00. The smallest absolute Gasteiger partial charge is 0.238 e. The van der Waals surface area contributed by atoms with E-state index < -0.39 is 0 Å². The summed E-state index contributed by atoms with van der Waals surface area (Å²) in [6, 6.07) is 13.3. The van der Waals surface area contributed by atoms with Gasteiger partial charge in [0.05, 0.1) is 13.2 Å². The SMILES string of the molecule is COCCNCC(=O)Nc1cccc(OCc2ccc(F)cc2)c1.Cl. The number of carbonyl (C=O) groups is 1. The van der Waals surface area contributed by atoms with Gasteiger partial charge in [-0.25, -0.2) is 4.39 Å². The van der Waals surface area contributed by atoms with Crippen LogP contribution in [0.5, 0.6) is 5.75 Å². The van der Waals surface area contributed by atoms with Gasteiger partial charge < -0.3 is 20.1 Å². The van der Waals surface area contributed by atoms with Crippen molar-refractivity contribution < 1.29 is 18.7 Å². The van der Waals surface area contributed by atoms with E-state index in [1.807, 2.05) is 0 Å². The standard InChI is InChI=1S/C18H21FN2O3.ClH/c1-23-10-9-20-12-18(22)21-16-3-2-4-17(11-16)24-13-14-5-7-15(19)8-6-14;/h2-8,11,20H,9-10,12-13H2,1H3,(H,21,22);1H. The van der Waals surface area contributed by atoms with Crippen LogP contribution in [0.15, 0.2) is 48.5 Å². The Morgan fingerprint density at radius 3 is 2.64 bits per heavy atom. The monoisotopic (exact) mass is 368 g/mol. The molecule has 0 aliphatic rings. The molecule has 0 aliphatic carbocycles. The van der Waals surface area contributed by atoms with Crippen LogP contribution in [0.2, 0.25) is 0 Å². The average molecular weight is 369 g/mol. The number of nitrogens with one attached hydrogen (secondary N) is 2. The molecule has 2 N–H and O–H groups in total. The Bertz CT molecular complexity index is 653. The molecule has 25 heavy (non-hydrogen) atoms. The fraction of sp³-hybridized carbons (Fsp3) is 0.278. The minimum atomic E-state index is -0.275. The molecule has 2 aromatic rings. The summed E-state index contributed by atoms with van der Waals surface area (Å²) in [5.41, 5.74) is 1.53. The predicted molar refractivity (Wildman–Crippen MR) is 97.8 cm³/mol. The third kappa shape index (κ3) is 7.98. The Morgan fingerprint density at radius 1 is 1.16 bits per heavy atom. The van der Waals surface area contributed by atoms with Gasteiger partial charge in [-0.15, -0.1) is 12.4 Å². The van der Waals surface area contributed by atoms with Crippen LogP contribution in [-0.2, 0) is 16.1 Å². The normalized spacial score (nSPS) is 10.0. The summed E-state index contributed by atoms with van der Waals surface area (Å²) in [7, 11) is 1.61. The van der Waals surface area contributed by atoms with E-state index in [2.05, 4.69) is 10.6 Å². The fourth-order valence-electron chi connectivity index (χ4n) is 1.99. The van der Waals surface area contributed by atoms with Crippen molar-refractivity contribution >= 4 is 24.0 Å². The second-order valence-electron chi connectivity index (χ2n) is 5.16. The van der Waals surface area contributed by atoms with Crippen LogP contribution in [-0.4, -0.2) is 32.7 Å². The largest absolute Gasteiger partial charge is 0.489 e. The third-order valence-corrected chi connectivity index (χ3v) is 3.21. The first-order valence-corrected chi connectivity index (χ1v) is 7.64. The second-order valence-corrected chi connectivity index (χ2v) is 5.16. The molecule has 5 nitrogen and oxygen atoms in total. The lowest BCUT2D eigenvalue weighted by Crippen LogP contribution is -2.30. The lowest BCUT2D eigenvalue weighted by Gasteiger charge is -2.10. The van der Waals surface area contributed by atoms with Crippen molar-refractivity contribution in [3.8, 4) is 5.75 Å². The summed E-state index contributed by atoms with van der Waals surface area (Å²) in [6.45, 7) is 1.71. The summed E-state index contributed by atoms with van der Waals surface area (Å²) in [5.74, 6) is 0.217. The number of benzene rings is 2. The van der Waals surface area contributed by atoms with E-state index in [1.165, 1.54) is 12.1 Å². The maximum Gasteiger partial charge on any atom is 0.238 e. The Labute approximate surface area is 152 Å². The highest BCUT2D eigenvalue weighted by atomic mass is 35.5. The van der Waals surface area contributed by atoms with E-state index in [9.17, 15) is 9.18 Å². The van der Waals surface area contributed by atoms with Gasteiger partial charge >= 0.3 is 0 Å². The topological polar surface area (TPSA) is 59.6 Å². The molecule has 0 aromatic heterocycles. The molecule has 2 rings (SSSR count). The first-order chi connectivity index (χ1) is 11.7. The molecule has 7 heteroatoms. The van der Waals surface area contributed by atoms with Gasteiger partial charge in [0, 0.05) is 25.4 Å². The third-order valence-electron chi connectivity index (χ3n) is 3.21. The number of hydrogen-bond donors (Lipinski definition) is 2. The molecule has 0 aliphatic heterocycles. The van der Waals surface area contributed by atoms with Crippen LogP contribution in [0.4, 0.5) is 10.1 Å². The number of methoxy groups -OCH3 is 1. The van der Waals surface area contributed by atoms with Crippen molar-refractivity contribution in [1.29, 1.82) is 0 Å². The highest BCUT2D eigenvalue weighted by Crippen LogP contribution is 2.18. The molecule has 0 unspecified atom stereocenters. The zero-order valence-corrected chi connectivity index (χ0v) is 14.8. The Balaban J connectivity index is 0.00000312. The molecule has 0 saturated carbocycles. The molecule has 0 radical (unpaired) electrons. The van der Waals surface area contributed by atoms with Gasteiger partial charge in [-0.3, -0.25) is 4.79 Å². The molecule has 0 spiro atoms. The number of ether oxygens (including phenoxy) is 2. The minimum absolute atomic E-state index is 0. The number of halogens is 2. The zero-order chi connectivity index (χ0) is 17.2. The number of carbonyl (C=O) groups excluding carboxylic acids is 1. The first kappa shape index (κ1) is 20.9. The Hall–Kier alpha value is -2.15. The molecule has 0 bridgehead atoms. The van der Waals surface area contributed by atoms with E-state index >= 15 is 0 Å². The fourth-order valence-corrected chi connectivity index (χ4v) is 1.99. The highest BCUT2D eigenvalue weighted by molar-refractivity contribution is 5.92. The molecule has 0 heterocycles. The van der Waals surface area contributed by atoms with Crippen LogP contribution < -0.4 is 15.4 Å². The lowest BCUT2D eigenvalue weighted by atomic mass is 10.2. The zero-order valence-electron chi connectivity index (χ0n) is 14.0. The van der Waals surface area contributed by atoms with Gasteiger partial charge in [-0.05, 0) is 29.8 Å². The number of hydrogen-bond acceptors (Lipinski definition) is 4. The molecular formula is C18H22ClFN2O3. The minimum Gasteiger partial charge on any atom is -0.489 e. The van der Waals surface area contributed by atoms with Crippen molar-refractivity contribution in [3.05, 3.63) is 59.9 Å². The van der Waals surface area contributed by atoms with E-state index in [0.717, 1.165) is 5.56 Å². The number of anilines is 1. The quantitative estimate of drug-likeness (QED) is 0.668. The Morgan fingerprint density at radius 2 is 1.92 bits per heavy atom. The Kier molecular flexibility index (Phi) is 9.54. The average Bonchev–Trinajstić information content (AvgIpc) is 2.59. The molecule has 2 aromatic carbocycles. The van der Waals surface area contributed by atoms with Crippen molar-refractivity contribution in [3.63, 3.8) is 0 Å². The number of rotatable bonds is 9. The van der Waals surface area contributed by atoms with Gasteiger partial charge in [0.1, 0.15) is 18.2 Å². The maximum atomic E-state index is 12.9. The summed E-state index contributed by atoms with van der Waals surface area (Å²) < 4.78 is 23.4. The van der Waals surface area contributed by atoms with Gasteiger partial charge in [-0.1, -0.05) is 18.2 Å². The molecule has 0 saturated heterocycles. The second kappa shape index (κ2) is 11.4. The molecule has 136 valence electrons. The van der Waals surface area contributed by atoms with Gasteiger partial charge in [0.15, 0.2) is 0 Å². The van der Waals surface area contributed by atoms with Crippen LogP contribution in [0.1, 0.15) is 5.56 Å². The molecule has 1 amide bonds. The lowest BCUT2D eigenvalue weighted by molar-refractivity contribution is -0.115. The summed E-state index contributed by atoms with van der Waals surface area (Å²) in [6.07, 6.45) is 0. The van der Waals surface area contributed by atoms with Crippen LogP contribution in [0, 0.1) is 5.82 Å². The van der Waals surface area contributed by atoms with Gasteiger partial charge in [-0.2, -0.15) is 0 Å². The summed E-state index contributed by atoms with van der Waals surface area (Å²) in [4.78, 5) is 11.8. The van der Waals surface area contributed by atoms with Crippen LogP contribution in [0.25, 0.3) is 0 Å². The van der Waals surface area contributed by atoms with E-state index in [-0.39, 0.29) is 30.7 Å². The molecule has 0 fully saturated rings. The van der Waals surface area contributed by atoms with Crippen LogP contribution in [0.3, 0.4) is 0 Å². The van der Waals surface area contributed by atoms with E-state index in [4.69, 9.17) is 9.47 Å². The van der Waals surface area contributed by atoms with Crippen molar-refractivity contribution in [2.45, 2.75) is 6.61 Å². The molecular weight excluding hydrogens is 347 g/mol. The summed E-state index contributed by atoms with van der Waals surface area (Å²) >= 11 is 0. The van der Waals surface area contributed by atoms with Crippen molar-refractivity contribution in [2.75, 3.05) is 32.1 Å². The van der Waals surface area contributed by atoms with Gasteiger partial charge in [0.2, 0.25) is 5.91 Å². The maximum absolute atomic E-state index is 12.9. The highest BCUT2D eigenvalue weighted by Gasteiger charge is 2.03.